The standard InChI is InChI=1S/C22H17F6N5/c1-20(2,17-7-3-5-13(30-17)15-9-12(11-29-15)21(23,24)25)18-8-4-6-14(31-18)16-10-19(33-32-16)22(26,27)28/h3-11,29H,1-2H3,(H,32,33). The van der Waals surface area contributed by atoms with Crippen LogP contribution in [0.3, 0.4) is 0 Å². The molecule has 0 saturated heterocycles. The lowest BCUT2D eigenvalue weighted by Crippen LogP contribution is -2.22. The maximum atomic E-state index is 12.9. The van der Waals surface area contributed by atoms with Gasteiger partial charge in [-0.2, -0.15) is 31.4 Å². The van der Waals surface area contributed by atoms with E-state index in [0.29, 0.717) is 17.1 Å². The summed E-state index contributed by atoms with van der Waals surface area (Å²) < 4.78 is 77.5. The minimum absolute atomic E-state index is 0.0350. The monoisotopic (exact) mass is 465 g/mol. The Balaban J connectivity index is 1.68. The van der Waals surface area contributed by atoms with E-state index in [2.05, 4.69) is 20.1 Å². The molecule has 4 rings (SSSR count). The van der Waals surface area contributed by atoms with Gasteiger partial charge in [0.25, 0.3) is 0 Å². The number of hydrogen-bond donors (Lipinski definition) is 2. The second-order valence-corrected chi connectivity index (χ2v) is 7.91. The summed E-state index contributed by atoms with van der Waals surface area (Å²) in [5.41, 5.74) is -0.788. The Morgan fingerprint density at radius 3 is 1.88 bits per heavy atom. The van der Waals surface area contributed by atoms with E-state index in [0.717, 1.165) is 18.3 Å². The molecule has 172 valence electrons. The molecule has 0 aromatic carbocycles. The number of aromatic amines is 2. The van der Waals surface area contributed by atoms with E-state index >= 15 is 0 Å². The molecule has 0 aliphatic heterocycles. The van der Waals surface area contributed by atoms with Gasteiger partial charge in [-0.1, -0.05) is 12.1 Å². The van der Waals surface area contributed by atoms with E-state index in [9.17, 15) is 26.3 Å². The molecule has 4 heterocycles. The van der Waals surface area contributed by atoms with Gasteiger partial charge in [0.05, 0.1) is 34.0 Å². The first-order valence-electron chi connectivity index (χ1n) is 9.70. The fourth-order valence-corrected chi connectivity index (χ4v) is 3.29. The van der Waals surface area contributed by atoms with Gasteiger partial charge in [-0.25, -0.2) is 0 Å². The zero-order valence-electron chi connectivity index (χ0n) is 17.3. The van der Waals surface area contributed by atoms with Crippen molar-refractivity contribution in [3.8, 4) is 22.8 Å². The molecule has 5 nitrogen and oxygen atoms in total. The van der Waals surface area contributed by atoms with Gasteiger partial charge < -0.3 is 4.98 Å². The first-order chi connectivity index (χ1) is 15.4. The molecule has 0 aliphatic carbocycles. The minimum atomic E-state index is -4.56. The highest BCUT2D eigenvalue weighted by atomic mass is 19.4. The lowest BCUT2D eigenvalue weighted by Gasteiger charge is -2.24. The number of nitrogens with one attached hydrogen (secondary N) is 2. The SMILES string of the molecule is CC(C)(c1cccc(-c2cc(C(F)(F)F)[nH]n2)n1)c1cccc(-c2cc(C(F)(F)F)c[nH]2)n1. The molecule has 0 atom stereocenters. The Hall–Kier alpha value is -3.63. The van der Waals surface area contributed by atoms with Crippen LogP contribution < -0.4 is 0 Å². The van der Waals surface area contributed by atoms with Gasteiger partial charge in [-0.15, -0.1) is 0 Å². The predicted octanol–water partition coefficient (Wildman–Crippen LogP) is 6.23. The Bertz CT molecular complexity index is 1180. The van der Waals surface area contributed by atoms with E-state index < -0.39 is 29.0 Å². The molecule has 0 saturated carbocycles. The number of halogens is 6. The molecule has 0 amide bonds. The van der Waals surface area contributed by atoms with Crippen molar-refractivity contribution < 1.29 is 26.3 Å². The van der Waals surface area contributed by atoms with Gasteiger partial charge in [-0.05, 0) is 50.2 Å². The lowest BCUT2D eigenvalue weighted by molar-refractivity contribution is -0.141. The summed E-state index contributed by atoms with van der Waals surface area (Å²) in [6.45, 7) is 3.62. The van der Waals surface area contributed by atoms with Crippen LogP contribution in [0.2, 0.25) is 0 Å². The molecule has 4 aromatic rings. The van der Waals surface area contributed by atoms with Crippen LogP contribution in [0.1, 0.15) is 36.5 Å². The maximum Gasteiger partial charge on any atom is 0.432 e. The molecule has 11 heteroatoms. The summed E-state index contributed by atoms with van der Waals surface area (Å²) in [6, 6.07) is 11.7. The van der Waals surface area contributed by atoms with Crippen molar-refractivity contribution in [2.45, 2.75) is 31.6 Å². The number of hydrogen-bond acceptors (Lipinski definition) is 3. The molecule has 0 aliphatic rings. The molecule has 0 spiro atoms. The number of nitrogens with zero attached hydrogens (tertiary/aromatic N) is 3. The lowest BCUT2D eigenvalue weighted by atomic mass is 9.84. The van der Waals surface area contributed by atoms with Crippen molar-refractivity contribution >= 4 is 0 Å². The molecule has 4 aromatic heterocycles. The average molecular weight is 465 g/mol. The number of pyridine rings is 2. The molecule has 33 heavy (non-hydrogen) atoms. The maximum absolute atomic E-state index is 12.9. The van der Waals surface area contributed by atoms with E-state index in [-0.39, 0.29) is 17.1 Å². The highest BCUT2D eigenvalue weighted by molar-refractivity contribution is 5.58. The second kappa shape index (κ2) is 7.75. The van der Waals surface area contributed by atoms with Crippen molar-refractivity contribution in [1.29, 1.82) is 0 Å². The summed E-state index contributed by atoms with van der Waals surface area (Å²) in [7, 11) is 0. The third-order valence-electron chi connectivity index (χ3n) is 5.21. The molecule has 0 radical (unpaired) electrons. The normalized spacial score (nSPS) is 12.8. The zero-order chi connectivity index (χ0) is 24.0. The van der Waals surface area contributed by atoms with Crippen molar-refractivity contribution in [1.82, 2.24) is 25.1 Å². The minimum Gasteiger partial charge on any atom is -0.359 e. The topological polar surface area (TPSA) is 70.2 Å². The van der Waals surface area contributed by atoms with Crippen molar-refractivity contribution in [2.75, 3.05) is 0 Å². The van der Waals surface area contributed by atoms with E-state index in [1.165, 1.54) is 6.07 Å². The Morgan fingerprint density at radius 1 is 0.727 bits per heavy atom. The van der Waals surface area contributed by atoms with Crippen LogP contribution in [0.25, 0.3) is 22.8 Å². The van der Waals surface area contributed by atoms with Gasteiger partial charge in [0, 0.05) is 11.6 Å². The summed E-state index contributed by atoms with van der Waals surface area (Å²) >= 11 is 0. The smallest absolute Gasteiger partial charge is 0.359 e. The highest BCUT2D eigenvalue weighted by Crippen LogP contribution is 2.35. The molecule has 0 bridgehead atoms. The number of aromatic nitrogens is 5. The third-order valence-corrected chi connectivity index (χ3v) is 5.21. The second-order valence-electron chi connectivity index (χ2n) is 7.91. The Morgan fingerprint density at radius 2 is 1.33 bits per heavy atom. The van der Waals surface area contributed by atoms with Crippen LogP contribution in [0, 0.1) is 0 Å². The van der Waals surface area contributed by atoms with E-state index in [1.54, 1.807) is 30.3 Å². The highest BCUT2D eigenvalue weighted by Gasteiger charge is 2.34. The van der Waals surface area contributed by atoms with Crippen LogP contribution in [0.15, 0.2) is 54.7 Å². The summed E-state index contributed by atoms with van der Waals surface area (Å²) in [5.74, 6) is 0. The fraction of sp³-hybridized carbons (Fsp3) is 0.227. The van der Waals surface area contributed by atoms with Crippen molar-refractivity contribution in [3.63, 3.8) is 0 Å². The van der Waals surface area contributed by atoms with Gasteiger partial charge in [0.1, 0.15) is 11.4 Å². The fourth-order valence-electron chi connectivity index (χ4n) is 3.29. The van der Waals surface area contributed by atoms with E-state index in [1.807, 2.05) is 18.9 Å². The van der Waals surface area contributed by atoms with Gasteiger partial charge in [-0.3, -0.25) is 15.1 Å². The molecule has 0 unspecified atom stereocenters. The van der Waals surface area contributed by atoms with Crippen LogP contribution in [-0.4, -0.2) is 25.1 Å². The quantitative estimate of drug-likeness (QED) is 0.351. The molecule has 0 fully saturated rings. The van der Waals surface area contributed by atoms with Gasteiger partial charge in [0.2, 0.25) is 0 Å². The van der Waals surface area contributed by atoms with Gasteiger partial charge in [0.15, 0.2) is 0 Å². The number of alkyl halides is 6. The van der Waals surface area contributed by atoms with Gasteiger partial charge >= 0.3 is 12.4 Å². The largest absolute Gasteiger partial charge is 0.432 e. The van der Waals surface area contributed by atoms with Crippen LogP contribution >= 0.6 is 0 Å². The van der Waals surface area contributed by atoms with Crippen LogP contribution in [0.5, 0.6) is 0 Å². The molecular weight excluding hydrogens is 448 g/mol. The summed E-state index contributed by atoms with van der Waals surface area (Å²) in [5, 5.41) is 5.67. The summed E-state index contributed by atoms with van der Waals surface area (Å²) in [6.07, 6.45) is -8.16. The first-order valence-corrected chi connectivity index (χ1v) is 9.70. The van der Waals surface area contributed by atoms with E-state index in [4.69, 9.17) is 0 Å². The molecule has 2 N–H and O–H groups in total. The Kier molecular flexibility index (Phi) is 5.30. The van der Waals surface area contributed by atoms with Crippen LogP contribution in [0.4, 0.5) is 26.3 Å². The Labute approximate surface area is 183 Å². The summed E-state index contributed by atoms with van der Waals surface area (Å²) in [4.78, 5) is 11.6. The first kappa shape index (κ1) is 22.6. The van der Waals surface area contributed by atoms with Crippen LogP contribution in [-0.2, 0) is 17.8 Å². The average Bonchev–Trinajstić information content (AvgIpc) is 3.44. The van der Waals surface area contributed by atoms with Crippen molar-refractivity contribution in [3.05, 3.63) is 77.4 Å². The zero-order valence-corrected chi connectivity index (χ0v) is 17.3. The number of H-pyrrole nitrogens is 2. The molecular formula is C22H17F6N5. The van der Waals surface area contributed by atoms with Crippen molar-refractivity contribution in [2.24, 2.45) is 0 Å². The third kappa shape index (κ3) is 4.48. The number of rotatable bonds is 4. The predicted molar refractivity (Wildman–Crippen MR) is 108 cm³/mol.